The van der Waals surface area contributed by atoms with E-state index in [2.05, 4.69) is 73.5 Å². The van der Waals surface area contributed by atoms with Crippen LogP contribution < -0.4 is 15.5 Å². The van der Waals surface area contributed by atoms with Gasteiger partial charge in [0, 0.05) is 49.8 Å². The van der Waals surface area contributed by atoms with Gasteiger partial charge >= 0.3 is 0 Å². The second kappa shape index (κ2) is 10.9. The molecule has 2 aromatic heterocycles. The number of benzene rings is 1. The van der Waals surface area contributed by atoms with Crippen LogP contribution in [-0.4, -0.2) is 43.7 Å². The number of para-hydroxylation sites is 1. The molecule has 3 N–H and O–H groups in total. The Morgan fingerprint density at radius 1 is 1.21 bits per heavy atom. The number of piperidine rings is 1. The van der Waals surface area contributed by atoms with Crippen molar-refractivity contribution in [3.63, 3.8) is 0 Å². The van der Waals surface area contributed by atoms with Crippen molar-refractivity contribution in [2.24, 2.45) is 4.99 Å². The van der Waals surface area contributed by atoms with E-state index in [0.717, 1.165) is 51.3 Å². The summed E-state index contributed by atoms with van der Waals surface area (Å²) in [6, 6.07) is 13.3. The van der Waals surface area contributed by atoms with Crippen LogP contribution in [0.25, 0.3) is 10.9 Å². The van der Waals surface area contributed by atoms with Gasteiger partial charge < -0.3 is 20.5 Å². The number of hydrogen-bond donors (Lipinski definition) is 3. The van der Waals surface area contributed by atoms with Gasteiger partial charge in [-0.05, 0) is 54.8 Å². The van der Waals surface area contributed by atoms with Gasteiger partial charge in [0.2, 0.25) is 0 Å². The van der Waals surface area contributed by atoms with Gasteiger partial charge in [0.1, 0.15) is 0 Å². The van der Waals surface area contributed by atoms with Crippen LogP contribution in [0.2, 0.25) is 0 Å². The fourth-order valence-corrected chi connectivity index (χ4v) is 4.69. The van der Waals surface area contributed by atoms with E-state index in [4.69, 9.17) is 0 Å². The zero-order valence-electron chi connectivity index (χ0n) is 16.9. The van der Waals surface area contributed by atoms with E-state index in [1.54, 1.807) is 0 Å². The van der Waals surface area contributed by atoms with E-state index in [-0.39, 0.29) is 24.0 Å². The second-order valence-corrected chi connectivity index (χ2v) is 8.25. The lowest BCUT2D eigenvalue weighted by Gasteiger charge is -2.33. The van der Waals surface area contributed by atoms with Crippen LogP contribution >= 0.6 is 35.3 Å². The Bertz CT molecular complexity index is 897. The van der Waals surface area contributed by atoms with Gasteiger partial charge in [-0.25, -0.2) is 0 Å². The van der Waals surface area contributed by atoms with Gasteiger partial charge in [0.05, 0.1) is 5.00 Å². The lowest BCUT2D eigenvalue weighted by atomic mass is 10.1. The number of anilines is 1. The van der Waals surface area contributed by atoms with E-state index < -0.39 is 0 Å². The minimum Gasteiger partial charge on any atom is -0.363 e. The number of thiophene rings is 1. The first-order chi connectivity index (χ1) is 13.8. The highest BCUT2D eigenvalue weighted by molar-refractivity contribution is 14.0. The predicted molar refractivity (Wildman–Crippen MR) is 136 cm³/mol. The predicted octanol–water partition coefficient (Wildman–Crippen LogP) is 4.61. The Balaban J connectivity index is 0.00000240. The molecule has 1 aliphatic heterocycles. The van der Waals surface area contributed by atoms with Crippen molar-refractivity contribution < 1.29 is 0 Å². The Hall–Kier alpha value is -1.74. The summed E-state index contributed by atoms with van der Waals surface area (Å²) in [5.74, 6) is 0.925. The molecule has 0 saturated carbocycles. The maximum Gasteiger partial charge on any atom is 0.191 e. The quantitative estimate of drug-likeness (QED) is 0.192. The molecule has 1 saturated heterocycles. The number of nitrogens with one attached hydrogen (secondary N) is 3. The number of aryl methyl sites for hydroxylation is 1. The molecule has 0 bridgehead atoms. The average molecular weight is 523 g/mol. The number of nitrogens with zero attached hydrogens (tertiary/aromatic N) is 2. The molecule has 0 radical (unpaired) electrons. The topological polar surface area (TPSA) is 55.5 Å². The Kier molecular flexibility index (Phi) is 8.23. The van der Waals surface area contributed by atoms with Crippen molar-refractivity contribution in [1.29, 1.82) is 0 Å². The summed E-state index contributed by atoms with van der Waals surface area (Å²) in [5.41, 5.74) is 2.61. The first-order valence-corrected chi connectivity index (χ1v) is 11.0. The number of H-pyrrole nitrogens is 1. The number of hydrogen-bond acceptors (Lipinski definition) is 3. The molecule has 1 aliphatic rings. The molecule has 0 aliphatic carbocycles. The fourth-order valence-electron chi connectivity index (χ4n) is 3.91. The lowest BCUT2D eigenvalue weighted by Crippen LogP contribution is -2.48. The van der Waals surface area contributed by atoms with Crippen LogP contribution in [-0.2, 0) is 6.42 Å². The number of rotatable bonds is 6. The van der Waals surface area contributed by atoms with Crippen LogP contribution in [0.3, 0.4) is 0 Å². The standard InChI is InChI=1S/C22H29N5S.HI/c1-23-22(26-18-10-13-27(14-11-18)21-9-5-15-28-21)24-12-4-6-17-16-25-20-8-3-2-7-19(17)20;/h2-3,5,7-9,15-16,18,25H,4,6,10-14H2,1H3,(H2,23,24,26);1H. The molecule has 1 fully saturated rings. The third kappa shape index (κ3) is 5.66. The smallest absolute Gasteiger partial charge is 0.191 e. The van der Waals surface area contributed by atoms with Crippen molar-refractivity contribution in [1.82, 2.24) is 15.6 Å². The number of aromatic amines is 1. The van der Waals surface area contributed by atoms with Crippen molar-refractivity contribution >= 4 is 57.2 Å². The number of fused-ring (bicyclic) bond motifs is 1. The molecule has 0 spiro atoms. The molecule has 0 amide bonds. The summed E-state index contributed by atoms with van der Waals surface area (Å²) in [5, 5.41) is 12.0. The van der Waals surface area contributed by atoms with Crippen LogP contribution in [0.5, 0.6) is 0 Å². The molecule has 4 rings (SSSR count). The van der Waals surface area contributed by atoms with Gasteiger partial charge in [-0.2, -0.15) is 0 Å². The molecule has 7 heteroatoms. The average Bonchev–Trinajstić information content (AvgIpc) is 3.41. The van der Waals surface area contributed by atoms with Gasteiger partial charge in [0.15, 0.2) is 5.96 Å². The van der Waals surface area contributed by atoms with E-state index in [1.807, 2.05) is 18.4 Å². The molecule has 3 heterocycles. The van der Waals surface area contributed by atoms with Crippen LogP contribution in [0.15, 0.2) is 53.0 Å². The number of aromatic nitrogens is 1. The zero-order chi connectivity index (χ0) is 19.2. The van der Waals surface area contributed by atoms with Crippen LogP contribution in [0.1, 0.15) is 24.8 Å². The van der Waals surface area contributed by atoms with E-state index >= 15 is 0 Å². The third-order valence-electron chi connectivity index (χ3n) is 5.47. The summed E-state index contributed by atoms with van der Waals surface area (Å²) >= 11 is 1.83. The number of aliphatic imine (C=N–C) groups is 1. The number of halogens is 1. The molecule has 3 aromatic rings. The lowest BCUT2D eigenvalue weighted by molar-refractivity contribution is 0.462. The summed E-state index contributed by atoms with van der Waals surface area (Å²) in [6.45, 7) is 3.14. The van der Waals surface area contributed by atoms with Crippen molar-refractivity contribution in [2.45, 2.75) is 31.7 Å². The van der Waals surface area contributed by atoms with E-state index in [9.17, 15) is 0 Å². The summed E-state index contributed by atoms with van der Waals surface area (Å²) in [7, 11) is 1.86. The molecule has 0 atom stereocenters. The molecular weight excluding hydrogens is 493 g/mol. The summed E-state index contributed by atoms with van der Waals surface area (Å²) in [6.07, 6.45) is 6.58. The van der Waals surface area contributed by atoms with Crippen molar-refractivity contribution in [3.8, 4) is 0 Å². The van der Waals surface area contributed by atoms with Crippen molar-refractivity contribution in [2.75, 3.05) is 31.6 Å². The Labute approximate surface area is 194 Å². The highest BCUT2D eigenvalue weighted by Crippen LogP contribution is 2.24. The van der Waals surface area contributed by atoms with Crippen LogP contribution in [0.4, 0.5) is 5.00 Å². The highest BCUT2D eigenvalue weighted by atomic mass is 127. The molecule has 1 aromatic carbocycles. The minimum atomic E-state index is 0. The SMILES string of the molecule is CN=C(NCCCc1c[nH]c2ccccc12)NC1CCN(c2cccs2)CC1.I. The molecule has 0 unspecified atom stereocenters. The largest absolute Gasteiger partial charge is 0.363 e. The van der Waals surface area contributed by atoms with Crippen molar-refractivity contribution in [3.05, 3.63) is 53.5 Å². The second-order valence-electron chi connectivity index (χ2n) is 7.32. The van der Waals surface area contributed by atoms with E-state index in [1.165, 1.54) is 21.5 Å². The summed E-state index contributed by atoms with van der Waals surface area (Å²) < 4.78 is 0. The molecule has 5 nitrogen and oxygen atoms in total. The molecule has 29 heavy (non-hydrogen) atoms. The first kappa shape index (κ1) is 22.0. The maximum absolute atomic E-state index is 4.41. The first-order valence-electron chi connectivity index (χ1n) is 10.1. The third-order valence-corrected chi connectivity index (χ3v) is 6.40. The molecule has 156 valence electrons. The fraction of sp³-hybridized carbons (Fsp3) is 0.409. The van der Waals surface area contributed by atoms with Gasteiger partial charge in [-0.1, -0.05) is 18.2 Å². The molecular formula is C22H30IN5S. The Morgan fingerprint density at radius 2 is 2.03 bits per heavy atom. The van der Waals surface area contributed by atoms with E-state index in [0.29, 0.717) is 6.04 Å². The summed E-state index contributed by atoms with van der Waals surface area (Å²) in [4.78, 5) is 10.3. The van der Waals surface area contributed by atoms with Gasteiger partial charge in [-0.15, -0.1) is 35.3 Å². The zero-order valence-corrected chi connectivity index (χ0v) is 20.0. The normalized spacial score (nSPS) is 15.3. The maximum atomic E-state index is 4.41. The van der Waals surface area contributed by atoms with Gasteiger partial charge in [-0.3, -0.25) is 4.99 Å². The monoisotopic (exact) mass is 523 g/mol. The van der Waals surface area contributed by atoms with Crippen LogP contribution in [0, 0.1) is 0 Å². The minimum absolute atomic E-state index is 0. The Morgan fingerprint density at radius 3 is 2.79 bits per heavy atom. The van der Waals surface area contributed by atoms with Gasteiger partial charge in [0.25, 0.3) is 0 Å². The highest BCUT2D eigenvalue weighted by Gasteiger charge is 2.20. The number of guanidine groups is 1.